The number of fused-ring (bicyclic) bond motifs is 6. The van der Waals surface area contributed by atoms with Crippen molar-refractivity contribution in [3.8, 4) is 16.8 Å². The van der Waals surface area contributed by atoms with Crippen LogP contribution < -0.4 is 5.32 Å². The average Bonchev–Trinajstić information content (AvgIpc) is 3.56. The average molecular weight is 593 g/mol. The second-order valence-corrected chi connectivity index (χ2v) is 12.7. The van der Waals surface area contributed by atoms with Gasteiger partial charge in [-0.2, -0.15) is 0 Å². The van der Waals surface area contributed by atoms with Gasteiger partial charge in [0.2, 0.25) is 0 Å². The molecule has 1 N–H and O–H groups in total. The highest BCUT2D eigenvalue weighted by Crippen LogP contribution is 2.50. The number of nitrogens with one attached hydrogen (secondary N) is 1. The molecule has 0 radical (unpaired) electrons. The molecule has 1 aromatic heterocycles. The van der Waals surface area contributed by atoms with E-state index in [-0.39, 0.29) is 11.6 Å². The summed E-state index contributed by atoms with van der Waals surface area (Å²) < 4.78 is 2.41. The molecule has 4 heteroatoms. The van der Waals surface area contributed by atoms with Crippen LogP contribution in [0.5, 0.6) is 0 Å². The summed E-state index contributed by atoms with van der Waals surface area (Å²) in [5.74, 6) is 1.65. The van der Waals surface area contributed by atoms with E-state index in [1.807, 2.05) is 36.4 Å². The molecule has 0 saturated heterocycles. The lowest BCUT2D eigenvalue weighted by molar-refractivity contribution is 0.661. The molecular formula is C42H32N4. The third-order valence-electron chi connectivity index (χ3n) is 9.66. The molecule has 0 spiro atoms. The lowest BCUT2D eigenvalue weighted by atomic mass is 9.82. The van der Waals surface area contributed by atoms with E-state index in [0.717, 1.165) is 34.0 Å². The zero-order valence-corrected chi connectivity index (χ0v) is 25.8. The van der Waals surface area contributed by atoms with Gasteiger partial charge < -0.3 is 9.88 Å². The maximum Gasteiger partial charge on any atom is 0.169 e. The summed E-state index contributed by atoms with van der Waals surface area (Å²) in [6, 6.07) is 51.8. The van der Waals surface area contributed by atoms with Gasteiger partial charge in [0.05, 0.1) is 11.0 Å². The van der Waals surface area contributed by atoms with Crippen LogP contribution in [-0.4, -0.2) is 16.2 Å². The molecule has 2 heterocycles. The molecular weight excluding hydrogens is 560 g/mol. The van der Waals surface area contributed by atoms with Crippen molar-refractivity contribution >= 4 is 33.5 Å². The highest BCUT2D eigenvalue weighted by molar-refractivity contribution is 6.16. The molecule has 0 bridgehead atoms. The van der Waals surface area contributed by atoms with Crippen molar-refractivity contribution in [2.24, 2.45) is 9.98 Å². The fourth-order valence-electron chi connectivity index (χ4n) is 7.32. The Labute approximate surface area is 268 Å². The molecule has 1 aliphatic carbocycles. The molecule has 9 rings (SSSR count). The number of aromatic nitrogens is 1. The highest BCUT2D eigenvalue weighted by atomic mass is 15.2. The number of hydrogen-bond acceptors (Lipinski definition) is 3. The number of amidine groups is 2. The monoisotopic (exact) mass is 592 g/mol. The predicted octanol–water partition coefficient (Wildman–Crippen LogP) is 9.59. The first-order valence-corrected chi connectivity index (χ1v) is 15.9. The Balaban J connectivity index is 1.17. The first-order chi connectivity index (χ1) is 22.6. The fourth-order valence-corrected chi connectivity index (χ4v) is 7.32. The second-order valence-electron chi connectivity index (χ2n) is 12.7. The van der Waals surface area contributed by atoms with E-state index in [2.05, 4.69) is 133 Å². The predicted molar refractivity (Wildman–Crippen MR) is 190 cm³/mol. The first-order valence-electron chi connectivity index (χ1n) is 15.9. The summed E-state index contributed by atoms with van der Waals surface area (Å²) in [4.78, 5) is 10.2. The standard InChI is InChI=1S/C42H32N4/c1-42(2)35-19-11-9-17-31(35)33-25-34-32-18-10-12-20-37(32)46(38(34)26-36(33)42)30-23-21-29(22-24-30)41-44-39(27-13-5-3-6-14-27)43-40(45-41)28-15-7-4-8-16-28/h3-26,41H,1-2H3,(H,43,44,45). The van der Waals surface area contributed by atoms with Gasteiger partial charge in [0.25, 0.3) is 0 Å². The van der Waals surface area contributed by atoms with Gasteiger partial charge in [-0.25, -0.2) is 9.98 Å². The van der Waals surface area contributed by atoms with Crippen LogP contribution in [0.4, 0.5) is 0 Å². The normalized spacial score (nSPS) is 15.3. The van der Waals surface area contributed by atoms with Gasteiger partial charge in [-0.1, -0.05) is 129 Å². The summed E-state index contributed by atoms with van der Waals surface area (Å²) in [7, 11) is 0. The summed E-state index contributed by atoms with van der Waals surface area (Å²) in [6.45, 7) is 4.69. The summed E-state index contributed by atoms with van der Waals surface area (Å²) in [5, 5.41) is 6.03. The quantitative estimate of drug-likeness (QED) is 0.217. The Bertz CT molecular complexity index is 2290. The molecule has 0 atom stereocenters. The Morgan fingerprint density at radius 3 is 1.85 bits per heavy atom. The lowest BCUT2D eigenvalue weighted by Crippen LogP contribution is -2.35. The lowest BCUT2D eigenvalue weighted by Gasteiger charge is -2.22. The molecule has 7 aromatic rings. The number of nitrogens with zero attached hydrogens (tertiary/aromatic N) is 3. The van der Waals surface area contributed by atoms with Crippen LogP contribution in [0.25, 0.3) is 38.6 Å². The number of para-hydroxylation sites is 1. The van der Waals surface area contributed by atoms with Gasteiger partial charge in [0, 0.05) is 33.0 Å². The molecule has 1 aliphatic heterocycles. The number of benzene rings is 6. The van der Waals surface area contributed by atoms with Crippen molar-refractivity contribution in [2.45, 2.75) is 25.4 Å². The summed E-state index contributed by atoms with van der Waals surface area (Å²) in [5.41, 5.74) is 12.1. The van der Waals surface area contributed by atoms with Crippen LogP contribution in [0.15, 0.2) is 156 Å². The number of aliphatic imine (C=N–C) groups is 2. The van der Waals surface area contributed by atoms with Crippen molar-refractivity contribution in [3.63, 3.8) is 0 Å². The zero-order chi connectivity index (χ0) is 30.8. The topological polar surface area (TPSA) is 41.7 Å². The molecule has 0 saturated carbocycles. The second kappa shape index (κ2) is 10.1. The zero-order valence-electron chi connectivity index (χ0n) is 25.8. The minimum Gasteiger partial charge on any atom is -0.324 e. The number of rotatable bonds is 4. The van der Waals surface area contributed by atoms with E-state index >= 15 is 0 Å². The largest absolute Gasteiger partial charge is 0.324 e. The van der Waals surface area contributed by atoms with Crippen molar-refractivity contribution in [3.05, 3.63) is 173 Å². The molecule has 2 aliphatic rings. The van der Waals surface area contributed by atoms with Crippen LogP contribution in [0.1, 0.15) is 47.8 Å². The molecule has 0 unspecified atom stereocenters. The minimum absolute atomic E-state index is 0.0663. The van der Waals surface area contributed by atoms with E-state index in [1.54, 1.807) is 0 Å². The maximum atomic E-state index is 5.08. The third kappa shape index (κ3) is 4.07. The maximum absolute atomic E-state index is 5.08. The van der Waals surface area contributed by atoms with Crippen molar-refractivity contribution in [2.75, 3.05) is 0 Å². The Morgan fingerprint density at radius 1 is 0.543 bits per heavy atom. The van der Waals surface area contributed by atoms with Crippen LogP contribution in [-0.2, 0) is 5.41 Å². The molecule has 4 nitrogen and oxygen atoms in total. The highest BCUT2D eigenvalue weighted by Gasteiger charge is 2.36. The van der Waals surface area contributed by atoms with E-state index in [1.165, 1.54) is 44.1 Å². The molecule has 0 amide bonds. The van der Waals surface area contributed by atoms with Crippen LogP contribution in [0.3, 0.4) is 0 Å². The van der Waals surface area contributed by atoms with Gasteiger partial charge in [-0.3, -0.25) is 0 Å². The van der Waals surface area contributed by atoms with Crippen molar-refractivity contribution in [1.29, 1.82) is 0 Å². The van der Waals surface area contributed by atoms with Gasteiger partial charge in [0.15, 0.2) is 6.17 Å². The summed E-state index contributed by atoms with van der Waals surface area (Å²) in [6.07, 6.45) is -0.360. The Morgan fingerprint density at radius 2 is 1.15 bits per heavy atom. The number of hydrogen-bond donors (Lipinski definition) is 1. The van der Waals surface area contributed by atoms with Crippen molar-refractivity contribution in [1.82, 2.24) is 9.88 Å². The smallest absolute Gasteiger partial charge is 0.169 e. The molecule has 0 fully saturated rings. The molecule has 6 aromatic carbocycles. The Kier molecular flexibility index (Phi) is 5.88. The Hall–Kier alpha value is -5.74. The third-order valence-corrected chi connectivity index (χ3v) is 9.66. The van der Waals surface area contributed by atoms with E-state index < -0.39 is 0 Å². The fraction of sp³-hybridized carbons (Fsp3) is 0.0952. The van der Waals surface area contributed by atoms with Crippen LogP contribution >= 0.6 is 0 Å². The van der Waals surface area contributed by atoms with Gasteiger partial charge in [0.1, 0.15) is 11.7 Å². The van der Waals surface area contributed by atoms with E-state index in [9.17, 15) is 0 Å². The van der Waals surface area contributed by atoms with Gasteiger partial charge in [-0.15, -0.1) is 0 Å². The summed E-state index contributed by atoms with van der Waals surface area (Å²) >= 11 is 0. The van der Waals surface area contributed by atoms with E-state index in [4.69, 9.17) is 9.98 Å². The molecule has 220 valence electrons. The van der Waals surface area contributed by atoms with Gasteiger partial charge >= 0.3 is 0 Å². The first kappa shape index (κ1) is 26.6. The van der Waals surface area contributed by atoms with Crippen LogP contribution in [0.2, 0.25) is 0 Å². The minimum atomic E-state index is -0.360. The molecule has 46 heavy (non-hydrogen) atoms. The van der Waals surface area contributed by atoms with Gasteiger partial charge in [-0.05, 0) is 58.1 Å². The van der Waals surface area contributed by atoms with Crippen LogP contribution in [0, 0.1) is 0 Å². The van der Waals surface area contributed by atoms with E-state index in [0.29, 0.717) is 0 Å². The van der Waals surface area contributed by atoms with Crippen molar-refractivity contribution < 1.29 is 0 Å². The SMILES string of the molecule is CC1(C)c2ccccc2-c2cc3c4ccccc4n(-c4ccc(C5N=C(c6ccccc6)NC(c6ccccc6)=N5)cc4)c3cc21.